The maximum absolute atomic E-state index is 11.3. The molecule has 0 N–H and O–H groups in total. The molecule has 0 bridgehead atoms. The van der Waals surface area contributed by atoms with Gasteiger partial charge in [0.25, 0.3) is 0 Å². The Balaban J connectivity index is 3.05. The van der Waals surface area contributed by atoms with Crippen molar-refractivity contribution in [3.8, 4) is 0 Å². The summed E-state index contributed by atoms with van der Waals surface area (Å²) in [7, 11) is 0. The van der Waals surface area contributed by atoms with Crippen LogP contribution in [0.1, 0.15) is 25.5 Å². The molecule has 0 fully saturated rings. The highest BCUT2D eigenvalue weighted by Gasteiger charge is 2.21. The highest BCUT2D eigenvalue weighted by atomic mass is 35.5. The van der Waals surface area contributed by atoms with Crippen LogP contribution in [0.4, 0.5) is 0 Å². The summed E-state index contributed by atoms with van der Waals surface area (Å²) in [6.45, 7) is 6.32. The standard InChI is InChI=1S/C13H13ClO3/c1-8(9(2)15)13(17-10(3)16)11-4-6-12(14)7-5-11/h4-7,13H,1H2,2-3H3. The van der Waals surface area contributed by atoms with E-state index in [-0.39, 0.29) is 11.4 Å². The van der Waals surface area contributed by atoms with E-state index < -0.39 is 12.1 Å². The third kappa shape index (κ3) is 3.71. The Morgan fingerprint density at radius 3 is 2.18 bits per heavy atom. The largest absolute Gasteiger partial charge is 0.453 e. The molecule has 0 aliphatic carbocycles. The number of carbonyl (C=O) groups is 2. The first-order valence-corrected chi connectivity index (χ1v) is 5.42. The molecular formula is C13H13ClO3. The Hall–Kier alpha value is -1.61. The summed E-state index contributed by atoms with van der Waals surface area (Å²) in [5.74, 6) is -0.682. The van der Waals surface area contributed by atoms with Gasteiger partial charge < -0.3 is 4.74 Å². The topological polar surface area (TPSA) is 43.4 Å². The molecule has 3 nitrogen and oxygen atoms in total. The molecular weight excluding hydrogens is 240 g/mol. The third-order valence-corrected chi connectivity index (χ3v) is 2.48. The Labute approximate surface area is 105 Å². The van der Waals surface area contributed by atoms with E-state index in [9.17, 15) is 9.59 Å². The zero-order chi connectivity index (χ0) is 13.0. The number of carbonyl (C=O) groups excluding carboxylic acids is 2. The van der Waals surface area contributed by atoms with Crippen molar-refractivity contribution in [3.05, 3.63) is 47.0 Å². The average Bonchev–Trinajstić information content (AvgIpc) is 2.26. The molecule has 1 rings (SSSR count). The fourth-order valence-corrected chi connectivity index (χ4v) is 1.45. The van der Waals surface area contributed by atoms with Gasteiger partial charge in [0.1, 0.15) is 0 Å². The van der Waals surface area contributed by atoms with Crippen LogP contribution in [-0.4, -0.2) is 11.8 Å². The maximum atomic E-state index is 11.3. The molecule has 0 spiro atoms. The molecule has 0 saturated carbocycles. The van der Waals surface area contributed by atoms with Crippen molar-refractivity contribution >= 4 is 23.4 Å². The molecule has 1 unspecified atom stereocenters. The molecule has 0 aromatic heterocycles. The Bertz CT molecular complexity index is 448. The molecule has 4 heteroatoms. The number of ether oxygens (including phenoxy) is 1. The van der Waals surface area contributed by atoms with Gasteiger partial charge in [0.05, 0.1) is 0 Å². The van der Waals surface area contributed by atoms with E-state index in [1.807, 2.05) is 0 Å². The highest BCUT2D eigenvalue weighted by molar-refractivity contribution is 6.30. The molecule has 0 aliphatic rings. The number of hydrogen-bond donors (Lipinski definition) is 0. The summed E-state index contributed by atoms with van der Waals surface area (Å²) < 4.78 is 5.10. The van der Waals surface area contributed by atoms with Gasteiger partial charge >= 0.3 is 5.97 Å². The monoisotopic (exact) mass is 252 g/mol. The predicted molar refractivity (Wildman–Crippen MR) is 65.8 cm³/mol. The quantitative estimate of drug-likeness (QED) is 0.611. The van der Waals surface area contributed by atoms with Crippen LogP contribution in [0.2, 0.25) is 5.02 Å². The fourth-order valence-electron chi connectivity index (χ4n) is 1.33. The van der Waals surface area contributed by atoms with Crippen molar-refractivity contribution in [1.82, 2.24) is 0 Å². The van der Waals surface area contributed by atoms with Gasteiger partial charge in [-0.05, 0) is 24.6 Å². The minimum Gasteiger partial charge on any atom is -0.453 e. The number of rotatable bonds is 4. The highest BCUT2D eigenvalue weighted by Crippen LogP contribution is 2.26. The summed E-state index contributed by atoms with van der Waals surface area (Å²) in [6.07, 6.45) is -0.748. The predicted octanol–water partition coefficient (Wildman–Crippen LogP) is 3.09. The maximum Gasteiger partial charge on any atom is 0.303 e. The first-order chi connectivity index (χ1) is 7.91. The number of halogens is 1. The number of hydrogen-bond acceptors (Lipinski definition) is 3. The van der Waals surface area contributed by atoms with Crippen LogP contribution in [-0.2, 0) is 14.3 Å². The number of Topliss-reactive ketones (excluding diaryl/α,β-unsaturated/α-hetero) is 1. The molecule has 0 heterocycles. The van der Waals surface area contributed by atoms with Crippen LogP contribution >= 0.6 is 11.6 Å². The molecule has 0 saturated heterocycles. The zero-order valence-corrected chi connectivity index (χ0v) is 10.5. The summed E-state index contributed by atoms with van der Waals surface area (Å²) >= 11 is 5.77. The summed E-state index contributed by atoms with van der Waals surface area (Å²) in [4.78, 5) is 22.3. The molecule has 0 amide bonds. The fraction of sp³-hybridized carbons (Fsp3) is 0.231. The smallest absolute Gasteiger partial charge is 0.303 e. The summed E-state index contributed by atoms with van der Waals surface area (Å²) in [5, 5.41) is 0.573. The number of esters is 1. The summed E-state index contributed by atoms with van der Waals surface area (Å²) in [6, 6.07) is 6.73. The van der Waals surface area contributed by atoms with Crippen LogP contribution in [0.15, 0.2) is 36.4 Å². The second-order valence-corrected chi connectivity index (χ2v) is 4.06. The second kappa shape index (κ2) is 5.64. The second-order valence-electron chi connectivity index (χ2n) is 3.62. The van der Waals surface area contributed by atoms with Crippen LogP contribution in [0.25, 0.3) is 0 Å². The van der Waals surface area contributed by atoms with E-state index in [1.54, 1.807) is 24.3 Å². The van der Waals surface area contributed by atoms with Gasteiger partial charge in [0.2, 0.25) is 0 Å². The number of benzene rings is 1. The van der Waals surface area contributed by atoms with Crippen LogP contribution in [0, 0.1) is 0 Å². The van der Waals surface area contributed by atoms with Crippen molar-refractivity contribution < 1.29 is 14.3 Å². The van der Waals surface area contributed by atoms with Gasteiger partial charge in [-0.1, -0.05) is 30.3 Å². The van der Waals surface area contributed by atoms with Crippen LogP contribution in [0.5, 0.6) is 0 Å². The molecule has 0 radical (unpaired) electrons. The third-order valence-electron chi connectivity index (χ3n) is 2.23. The van der Waals surface area contributed by atoms with Gasteiger partial charge in [0, 0.05) is 17.5 Å². The minimum absolute atomic E-state index is 0.216. The molecule has 90 valence electrons. The van der Waals surface area contributed by atoms with E-state index in [1.165, 1.54) is 13.8 Å². The van der Waals surface area contributed by atoms with E-state index in [4.69, 9.17) is 16.3 Å². The van der Waals surface area contributed by atoms with Crippen LogP contribution in [0.3, 0.4) is 0 Å². The Morgan fingerprint density at radius 2 is 1.76 bits per heavy atom. The van der Waals surface area contributed by atoms with E-state index in [2.05, 4.69) is 6.58 Å². The SMILES string of the molecule is C=C(C(C)=O)C(OC(C)=O)c1ccc(Cl)cc1. The molecule has 1 aromatic rings. The molecule has 1 aromatic carbocycles. The Morgan fingerprint density at radius 1 is 1.24 bits per heavy atom. The van der Waals surface area contributed by atoms with Crippen molar-refractivity contribution in [2.24, 2.45) is 0 Å². The lowest BCUT2D eigenvalue weighted by atomic mass is 10.0. The summed E-state index contributed by atoms with van der Waals surface area (Å²) in [5.41, 5.74) is 0.910. The van der Waals surface area contributed by atoms with Crippen molar-refractivity contribution in [1.29, 1.82) is 0 Å². The molecule has 17 heavy (non-hydrogen) atoms. The first kappa shape index (κ1) is 13.5. The van der Waals surface area contributed by atoms with Gasteiger partial charge in [-0.2, -0.15) is 0 Å². The van der Waals surface area contributed by atoms with Gasteiger partial charge in [-0.15, -0.1) is 0 Å². The van der Waals surface area contributed by atoms with Crippen molar-refractivity contribution in [3.63, 3.8) is 0 Å². The van der Waals surface area contributed by atoms with Gasteiger partial charge in [-0.3, -0.25) is 9.59 Å². The lowest BCUT2D eigenvalue weighted by Gasteiger charge is -2.18. The van der Waals surface area contributed by atoms with E-state index in [0.717, 1.165) is 0 Å². The van der Waals surface area contributed by atoms with Crippen LogP contribution < -0.4 is 0 Å². The normalized spacial score (nSPS) is 11.7. The lowest BCUT2D eigenvalue weighted by molar-refractivity contribution is -0.145. The van der Waals surface area contributed by atoms with Crippen molar-refractivity contribution in [2.75, 3.05) is 0 Å². The molecule has 0 aliphatic heterocycles. The Kier molecular flexibility index (Phi) is 4.46. The van der Waals surface area contributed by atoms with Gasteiger partial charge in [0.15, 0.2) is 11.9 Å². The molecule has 1 atom stereocenters. The van der Waals surface area contributed by atoms with Crippen molar-refractivity contribution in [2.45, 2.75) is 20.0 Å². The minimum atomic E-state index is -0.748. The lowest BCUT2D eigenvalue weighted by Crippen LogP contribution is -2.14. The first-order valence-electron chi connectivity index (χ1n) is 5.04. The van der Waals surface area contributed by atoms with E-state index in [0.29, 0.717) is 10.6 Å². The zero-order valence-electron chi connectivity index (χ0n) is 9.70. The number of ketones is 1. The average molecular weight is 253 g/mol. The van der Waals surface area contributed by atoms with Gasteiger partial charge in [-0.25, -0.2) is 0 Å². The van der Waals surface area contributed by atoms with E-state index >= 15 is 0 Å².